The first-order chi connectivity index (χ1) is 14.0. The average molecular weight is 395 g/mol. The van der Waals surface area contributed by atoms with Gasteiger partial charge in [-0.15, -0.1) is 0 Å². The molecule has 6 heteroatoms. The maximum Gasteiger partial charge on any atom is 0.339 e. The van der Waals surface area contributed by atoms with Gasteiger partial charge in [0.2, 0.25) is 0 Å². The molecule has 1 amide bonds. The molecule has 1 heterocycles. The Labute approximate surface area is 170 Å². The number of esters is 2. The van der Waals surface area contributed by atoms with Crippen molar-refractivity contribution in [3.05, 3.63) is 70.8 Å². The van der Waals surface area contributed by atoms with Gasteiger partial charge in [-0.3, -0.25) is 4.79 Å². The van der Waals surface area contributed by atoms with Crippen molar-refractivity contribution in [2.75, 3.05) is 6.61 Å². The van der Waals surface area contributed by atoms with Gasteiger partial charge in [0.1, 0.15) is 6.10 Å². The van der Waals surface area contributed by atoms with Gasteiger partial charge >= 0.3 is 11.9 Å². The number of benzene rings is 2. The number of hydrogen-bond acceptors (Lipinski definition) is 5. The summed E-state index contributed by atoms with van der Waals surface area (Å²) in [6, 6.07) is 14.3. The van der Waals surface area contributed by atoms with Crippen LogP contribution in [-0.2, 0) is 20.7 Å². The van der Waals surface area contributed by atoms with Crippen LogP contribution in [0.5, 0.6) is 0 Å². The van der Waals surface area contributed by atoms with Gasteiger partial charge in [0.15, 0.2) is 6.61 Å². The third kappa shape index (κ3) is 5.02. The average Bonchev–Trinajstić information content (AvgIpc) is 2.75. The molecule has 1 N–H and O–H groups in total. The SMILES string of the molecule is CCC(CC)NC(=O)COC(=O)c1ccc2c(c1)CC(c1ccccc1)OC2=O. The maximum absolute atomic E-state index is 12.4. The van der Waals surface area contributed by atoms with Gasteiger partial charge in [-0.05, 0) is 42.2 Å². The molecule has 0 aromatic heterocycles. The molecule has 1 aliphatic heterocycles. The highest BCUT2D eigenvalue weighted by atomic mass is 16.5. The van der Waals surface area contributed by atoms with E-state index in [9.17, 15) is 14.4 Å². The third-order valence-corrected chi connectivity index (χ3v) is 5.07. The van der Waals surface area contributed by atoms with Crippen molar-refractivity contribution < 1.29 is 23.9 Å². The maximum atomic E-state index is 12.4. The lowest BCUT2D eigenvalue weighted by Gasteiger charge is -2.25. The lowest BCUT2D eigenvalue weighted by molar-refractivity contribution is -0.125. The van der Waals surface area contributed by atoms with Crippen LogP contribution >= 0.6 is 0 Å². The summed E-state index contributed by atoms with van der Waals surface area (Å²) in [6.07, 6.45) is 1.72. The molecule has 6 nitrogen and oxygen atoms in total. The summed E-state index contributed by atoms with van der Waals surface area (Å²) in [5.41, 5.74) is 2.38. The summed E-state index contributed by atoms with van der Waals surface area (Å²) in [6.45, 7) is 3.64. The zero-order chi connectivity index (χ0) is 20.8. The number of cyclic esters (lactones) is 1. The van der Waals surface area contributed by atoms with Crippen LogP contribution < -0.4 is 5.32 Å². The Morgan fingerprint density at radius 2 is 1.86 bits per heavy atom. The highest BCUT2D eigenvalue weighted by Crippen LogP contribution is 2.31. The lowest BCUT2D eigenvalue weighted by atomic mass is 9.93. The summed E-state index contributed by atoms with van der Waals surface area (Å²) in [5.74, 6) is -1.33. The standard InChI is InChI=1S/C23H25NO5/c1-3-18(4-2)24-21(25)14-28-22(26)16-10-11-19-17(12-16)13-20(29-23(19)27)15-8-6-5-7-9-15/h5-12,18,20H,3-4,13-14H2,1-2H3,(H,24,25). The molecule has 0 aliphatic carbocycles. The molecule has 1 aliphatic rings. The smallest absolute Gasteiger partial charge is 0.339 e. The minimum absolute atomic E-state index is 0.0749. The quantitative estimate of drug-likeness (QED) is 0.725. The lowest BCUT2D eigenvalue weighted by Crippen LogP contribution is -2.36. The molecule has 2 aromatic rings. The number of ether oxygens (including phenoxy) is 2. The van der Waals surface area contributed by atoms with Crippen molar-refractivity contribution in [3.63, 3.8) is 0 Å². The first-order valence-electron chi connectivity index (χ1n) is 9.87. The number of carbonyl (C=O) groups is 3. The van der Waals surface area contributed by atoms with E-state index in [1.807, 2.05) is 44.2 Å². The van der Waals surface area contributed by atoms with E-state index in [0.29, 0.717) is 17.5 Å². The molecular weight excluding hydrogens is 370 g/mol. The van der Waals surface area contributed by atoms with Crippen LogP contribution in [-0.4, -0.2) is 30.5 Å². The monoisotopic (exact) mass is 395 g/mol. The second-order valence-corrected chi connectivity index (χ2v) is 7.04. The second kappa shape index (κ2) is 9.37. The second-order valence-electron chi connectivity index (χ2n) is 7.04. The number of carbonyl (C=O) groups excluding carboxylic acids is 3. The predicted molar refractivity (Wildman–Crippen MR) is 108 cm³/mol. The van der Waals surface area contributed by atoms with E-state index in [-0.39, 0.29) is 18.6 Å². The van der Waals surface area contributed by atoms with E-state index in [2.05, 4.69) is 5.32 Å². The van der Waals surface area contributed by atoms with Gasteiger partial charge in [0, 0.05) is 12.5 Å². The van der Waals surface area contributed by atoms with Gasteiger partial charge in [-0.25, -0.2) is 9.59 Å². The van der Waals surface area contributed by atoms with E-state index in [1.54, 1.807) is 12.1 Å². The zero-order valence-electron chi connectivity index (χ0n) is 16.6. The molecule has 3 rings (SSSR count). The first kappa shape index (κ1) is 20.6. The topological polar surface area (TPSA) is 81.7 Å². The number of fused-ring (bicyclic) bond motifs is 1. The molecule has 2 aromatic carbocycles. The van der Waals surface area contributed by atoms with Crippen LogP contribution in [0, 0.1) is 0 Å². The van der Waals surface area contributed by atoms with E-state index < -0.39 is 18.0 Å². The molecule has 0 radical (unpaired) electrons. The van der Waals surface area contributed by atoms with Crippen molar-refractivity contribution in [2.45, 2.75) is 45.3 Å². The summed E-state index contributed by atoms with van der Waals surface area (Å²) in [4.78, 5) is 36.6. The normalized spacial score (nSPS) is 15.4. The molecule has 1 unspecified atom stereocenters. The van der Waals surface area contributed by atoms with Crippen molar-refractivity contribution >= 4 is 17.8 Å². The fourth-order valence-electron chi connectivity index (χ4n) is 3.35. The fourth-order valence-corrected chi connectivity index (χ4v) is 3.35. The van der Waals surface area contributed by atoms with Gasteiger partial charge in [0.25, 0.3) is 5.91 Å². The van der Waals surface area contributed by atoms with Crippen LogP contribution in [0.2, 0.25) is 0 Å². The molecule has 0 spiro atoms. The largest absolute Gasteiger partial charge is 0.454 e. The number of hydrogen-bond donors (Lipinski definition) is 1. The Bertz CT molecular complexity index is 889. The van der Waals surface area contributed by atoms with Crippen molar-refractivity contribution in [2.24, 2.45) is 0 Å². The molecule has 1 atom stereocenters. The molecule has 0 saturated heterocycles. The van der Waals surface area contributed by atoms with Gasteiger partial charge in [-0.1, -0.05) is 44.2 Å². The molecule has 29 heavy (non-hydrogen) atoms. The summed E-state index contributed by atoms with van der Waals surface area (Å²) >= 11 is 0. The highest BCUT2D eigenvalue weighted by molar-refractivity contribution is 5.96. The molecule has 0 bridgehead atoms. The molecule has 0 fully saturated rings. The van der Waals surface area contributed by atoms with Gasteiger partial charge in [0.05, 0.1) is 11.1 Å². The number of nitrogens with one attached hydrogen (secondary N) is 1. The van der Waals surface area contributed by atoms with Crippen LogP contribution in [0.3, 0.4) is 0 Å². The minimum Gasteiger partial charge on any atom is -0.454 e. The molecular formula is C23H25NO5. The third-order valence-electron chi connectivity index (χ3n) is 5.07. The fraction of sp³-hybridized carbons (Fsp3) is 0.348. The van der Waals surface area contributed by atoms with Gasteiger partial charge < -0.3 is 14.8 Å². The Morgan fingerprint density at radius 1 is 1.14 bits per heavy atom. The number of amides is 1. The zero-order valence-corrected chi connectivity index (χ0v) is 16.6. The Morgan fingerprint density at radius 3 is 2.55 bits per heavy atom. The van der Waals surface area contributed by atoms with Crippen LogP contribution in [0.15, 0.2) is 48.5 Å². The first-order valence-corrected chi connectivity index (χ1v) is 9.87. The van der Waals surface area contributed by atoms with Crippen LogP contribution in [0.1, 0.15) is 64.6 Å². The van der Waals surface area contributed by atoms with E-state index in [4.69, 9.17) is 9.47 Å². The van der Waals surface area contributed by atoms with Crippen molar-refractivity contribution in [1.29, 1.82) is 0 Å². The summed E-state index contributed by atoms with van der Waals surface area (Å²) in [7, 11) is 0. The Kier molecular flexibility index (Phi) is 6.65. The van der Waals surface area contributed by atoms with Crippen molar-refractivity contribution in [3.8, 4) is 0 Å². The van der Waals surface area contributed by atoms with Gasteiger partial charge in [-0.2, -0.15) is 0 Å². The molecule has 0 saturated carbocycles. The van der Waals surface area contributed by atoms with Crippen LogP contribution in [0.25, 0.3) is 0 Å². The van der Waals surface area contributed by atoms with E-state index in [1.165, 1.54) is 6.07 Å². The Balaban J connectivity index is 1.67. The Hall–Kier alpha value is -3.15. The van der Waals surface area contributed by atoms with E-state index in [0.717, 1.165) is 24.0 Å². The molecule has 152 valence electrons. The van der Waals surface area contributed by atoms with Crippen LogP contribution in [0.4, 0.5) is 0 Å². The highest BCUT2D eigenvalue weighted by Gasteiger charge is 2.28. The van der Waals surface area contributed by atoms with E-state index >= 15 is 0 Å². The van der Waals surface area contributed by atoms with Crippen molar-refractivity contribution in [1.82, 2.24) is 5.32 Å². The number of rotatable bonds is 7. The predicted octanol–water partition coefficient (Wildman–Crippen LogP) is 3.60. The summed E-state index contributed by atoms with van der Waals surface area (Å²) < 4.78 is 10.7. The summed E-state index contributed by atoms with van der Waals surface area (Å²) in [5, 5.41) is 2.83. The minimum atomic E-state index is -0.595.